The Morgan fingerprint density at radius 1 is 1.18 bits per heavy atom. The van der Waals surface area contributed by atoms with E-state index in [1.165, 1.54) is 5.57 Å². The van der Waals surface area contributed by atoms with Crippen molar-refractivity contribution in [2.24, 2.45) is 28.6 Å². The van der Waals surface area contributed by atoms with Crippen molar-refractivity contribution < 1.29 is 10.2 Å². The molecule has 0 bridgehead atoms. The molecule has 0 aromatic rings. The van der Waals surface area contributed by atoms with Gasteiger partial charge in [0, 0.05) is 5.92 Å². The number of allylic oxidation sites excluding steroid dienone is 3. The average Bonchev–Trinajstić information content (AvgIpc) is 2.66. The van der Waals surface area contributed by atoms with Gasteiger partial charge < -0.3 is 10.2 Å². The SMILES string of the molecule is CC1=CC=C[C@@]2(C)CC[C@@H]3[C@](C)(CC[C@@]3(O)C(C)C)[C@@H](O)[C@@H]12. The van der Waals surface area contributed by atoms with Crippen LogP contribution in [0.1, 0.15) is 60.3 Å². The Labute approximate surface area is 135 Å². The molecule has 124 valence electrons. The summed E-state index contributed by atoms with van der Waals surface area (Å²) in [5.41, 5.74) is 0.505. The van der Waals surface area contributed by atoms with Crippen LogP contribution in [0.25, 0.3) is 0 Å². The van der Waals surface area contributed by atoms with Crippen molar-refractivity contribution in [3.05, 3.63) is 23.8 Å². The zero-order valence-corrected chi connectivity index (χ0v) is 14.8. The smallest absolute Gasteiger partial charge is 0.0704 e. The van der Waals surface area contributed by atoms with Crippen molar-refractivity contribution in [2.75, 3.05) is 0 Å². The Balaban J connectivity index is 2.06. The molecule has 0 aromatic carbocycles. The Hall–Kier alpha value is -0.600. The Kier molecular flexibility index (Phi) is 3.66. The molecular weight excluding hydrogens is 272 g/mol. The van der Waals surface area contributed by atoms with Gasteiger partial charge >= 0.3 is 0 Å². The Bertz CT molecular complexity index is 520. The van der Waals surface area contributed by atoms with Gasteiger partial charge in [-0.1, -0.05) is 51.5 Å². The molecule has 3 aliphatic rings. The van der Waals surface area contributed by atoms with E-state index in [0.717, 1.165) is 25.7 Å². The van der Waals surface area contributed by atoms with E-state index in [2.05, 4.69) is 52.8 Å². The zero-order chi connectivity index (χ0) is 16.3. The molecule has 2 heteroatoms. The summed E-state index contributed by atoms with van der Waals surface area (Å²) in [5.74, 6) is 0.618. The first kappa shape index (κ1) is 16.3. The number of aliphatic hydroxyl groups excluding tert-OH is 1. The van der Waals surface area contributed by atoms with Crippen molar-refractivity contribution in [2.45, 2.75) is 72.0 Å². The monoisotopic (exact) mass is 304 g/mol. The first-order valence-corrected chi connectivity index (χ1v) is 8.91. The summed E-state index contributed by atoms with van der Waals surface area (Å²) in [5, 5.41) is 22.7. The summed E-state index contributed by atoms with van der Waals surface area (Å²) in [6.07, 6.45) is 10.0. The second-order valence-electron chi connectivity index (χ2n) is 8.94. The summed E-state index contributed by atoms with van der Waals surface area (Å²) < 4.78 is 0. The van der Waals surface area contributed by atoms with E-state index in [-0.39, 0.29) is 34.7 Å². The van der Waals surface area contributed by atoms with Gasteiger partial charge in [-0.3, -0.25) is 0 Å². The lowest BCUT2D eigenvalue weighted by Gasteiger charge is -2.45. The van der Waals surface area contributed by atoms with E-state index in [1.807, 2.05) is 0 Å². The summed E-state index contributed by atoms with van der Waals surface area (Å²) >= 11 is 0. The molecule has 0 heterocycles. The molecule has 2 fully saturated rings. The number of rotatable bonds is 1. The summed E-state index contributed by atoms with van der Waals surface area (Å²) in [6.45, 7) is 10.9. The third kappa shape index (κ3) is 1.99. The molecule has 2 N–H and O–H groups in total. The third-order valence-electron chi connectivity index (χ3n) is 7.46. The van der Waals surface area contributed by atoms with Crippen LogP contribution in [0.15, 0.2) is 23.8 Å². The second-order valence-corrected chi connectivity index (χ2v) is 8.94. The minimum Gasteiger partial charge on any atom is -0.392 e. The number of hydrogen-bond donors (Lipinski definition) is 2. The van der Waals surface area contributed by atoms with Gasteiger partial charge in [-0.15, -0.1) is 0 Å². The van der Waals surface area contributed by atoms with Gasteiger partial charge in [0.05, 0.1) is 11.7 Å². The second kappa shape index (κ2) is 4.95. The average molecular weight is 304 g/mol. The topological polar surface area (TPSA) is 40.5 Å². The predicted molar refractivity (Wildman–Crippen MR) is 90.4 cm³/mol. The molecule has 0 aromatic heterocycles. The summed E-state index contributed by atoms with van der Waals surface area (Å²) in [4.78, 5) is 0. The highest BCUT2D eigenvalue weighted by molar-refractivity contribution is 5.29. The van der Waals surface area contributed by atoms with Gasteiger partial charge in [-0.25, -0.2) is 0 Å². The molecule has 0 unspecified atom stereocenters. The molecule has 3 rings (SSSR count). The van der Waals surface area contributed by atoms with Crippen LogP contribution < -0.4 is 0 Å². The van der Waals surface area contributed by atoms with Gasteiger partial charge in [-0.05, 0) is 55.3 Å². The van der Waals surface area contributed by atoms with E-state index < -0.39 is 5.60 Å². The molecule has 22 heavy (non-hydrogen) atoms. The number of aliphatic hydroxyl groups is 2. The molecule has 0 saturated heterocycles. The third-order valence-corrected chi connectivity index (χ3v) is 7.46. The fourth-order valence-electron chi connectivity index (χ4n) is 5.85. The van der Waals surface area contributed by atoms with E-state index in [4.69, 9.17) is 0 Å². The van der Waals surface area contributed by atoms with Crippen LogP contribution in [0, 0.1) is 28.6 Å². The molecule has 6 atom stereocenters. The van der Waals surface area contributed by atoms with Crippen LogP contribution in [0.3, 0.4) is 0 Å². The Morgan fingerprint density at radius 3 is 2.50 bits per heavy atom. The first-order valence-electron chi connectivity index (χ1n) is 8.91. The highest BCUT2D eigenvalue weighted by Gasteiger charge is 2.62. The lowest BCUT2D eigenvalue weighted by Crippen LogP contribution is -2.49. The molecule has 0 spiro atoms. The minimum atomic E-state index is -0.624. The van der Waals surface area contributed by atoms with Crippen molar-refractivity contribution in [1.29, 1.82) is 0 Å². The molecule has 0 amide bonds. The van der Waals surface area contributed by atoms with Crippen molar-refractivity contribution in [3.8, 4) is 0 Å². The molecule has 2 saturated carbocycles. The van der Waals surface area contributed by atoms with Crippen LogP contribution in [-0.2, 0) is 0 Å². The van der Waals surface area contributed by atoms with Crippen molar-refractivity contribution >= 4 is 0 Å². The van der Waals surface area contributed by atoms with Gasteiger partial charge in [0.1, 0.15) is 0 Å². The first-order chi connectivity index (χ1) is 10.2. The maximum absolute atomic E-state index is 11.4. The number of fused-ring (bicyclic) bond motifs is 2. The lowest BCUT2D eigenvalue weighted by molar-refractivity contribution is -0.0947. The molecule has 2 nitrogen and oxygen atoms in total. The van der Waals surface area contributed by atoms with Crippen LogP contribution in [0.4, 0.5) is 0 Å². The van der Waals surface area contributed by atoms with Gasteiger partial charge in [0.2, 0.25) is 0 Å². The van der Waals surface area contributed by atoms with E-state index in [9.17, 15) is 10.2 Å². The van der Waals surface area contributed by atoms with E-state index in [0.29, 0.717) is 0 Å². The normalized spacial score (nSPS) is 51.3. The zero-order valence-electron chi connectivity index (χ0n) is 14.8. The van der Waals surface area contributed by atoms with E-state index in [1.54, 1.807) is 0 Å². The van der Waals surface area contributed by atoms with E-state index >= 15 is 0 Å². The van der Waals surface area contributed by atoms with Crippen LogP contribution in [0.5, 0.6) is 0 Å². The lowest BCUT2D eigenvalue weighted by atomic mass is 9.62. The van der Waals surface area contributed by atoms with Crippen molar-refractivity contribution in [3.63, 3.8) is 0 Å². The minimum absolute atomic E-state index is 0.0174. The van der Waals surface area contributed by atoms with Crippen LogP contribution >= 0.6 is 0 Å². The quantitative estimate of drug-likeness (QED) is 0.766. The fraction of sp³-hybridized carbons (Fsp3) is 0.800. The van der Waals surface area contributed by atoms with Crippen molar-refractivity contribution in [1.82, 2.24) is 0 Å². The molecule has 0 radical (unpaired) electrons. The van der Waals surface area contributed by atoms with Gasteiger partial charge in [-0.2, -0.15) is 0 Å². The standard InChI is InChI=1S/C20H32O2/c1-13(2)20(22)12-11-19(5)15(20)8-10-18(4)9-6-7-14(3)16(18)17(19)21/h6-7,9,13,15-17,21-22H,8,10-12H2,1-5H3/t15-,16-,17+,18+,19+,20-/m1/s1. The highest BCUT2D eigenvalue weighted by Crippen LogP contribution is 2.62. The van der Waals surface area contributed by atoms with Crippen LogP contribution in [-0.4, -0.2) is 21.9 Å². The van der Waals surface area contributed by atoms with Gasteiger partial charge in [0.25, 0.3) is 0 Å². The molecule has 0 aliphatic heterocycles. The number of hydrogen-bond acceptors (Lipinski definition) is 2. The molecular formula is C20H32O2. The maximum atomic E-state index is 11.4. The largest absolute Gasteiger partial charge is 0.392 e. The maximum Gasteiger partial charge on any atom is 0.0704 e. The fourth-order valence-corrected chi connectivity index (χ4v) is 5.85. The molecule has 3 aliphatic carbocycles. The predicted octanol–water partition coefficient (Wildman–Crippen LogP) is 4.08. The van der Waals surface area contributed by atoms with Gasteiger partial charge in [0.15, 0.2) is 0 Å². The highest BCUT2D eigenvalue weighted by atomic mass is 16.3. The Morgan fingerprint density at radius 2 is 1.86 bits per heavy atom. The summed E-state index contributed by atoms with van der Waals surface area (Å²) in [7, 11) is 0. The van der Waals surface area contributed by atoms with Crippen LogP contribution in [0.2, 0.25) is 0 Å². The summed E-state index contributed by atoms with van der Waals surface area (Å²) in [6, 6.07) is 0.